The highest BCUT2D eigenvalue weighted by molar-refractivity contribution is 5.88. The van der Waals surface area contributed by atoms with Crippen molar-refractivity contribution in [1.82, 2.24) is 9.80 Å². The number of hydrogen-bond donors (Lipinski definition) is 2. The summed E-state index contributed by atoms with van der Waals surface area (Å²) in [5.74, 6) is -0.0335. The highest BCUT2D eigenvalue weighted by Gasteiger charge is 2.38. The number of alkyl halides is 6. The van der Waals surface area contributed by atoms with Gasteiger partial charge in [0, 0.05) is 75.1 Å². The van der Waals surface area contributed by atoms with Crippen molar-refractivity contribution in [2.45, 2.75) is 38.3 Å². The van der Waals surface area contributed by atoms with Gasteiger partial charge in [-0.15, -0.1) is 0 Å². The average Bonchev–Trinajstić information content (AvgIpc) is 2.91. The smallest absolute Gasteiger partial charge is 0.399 e. The minimum absolute atomic E-state index is 0.0335. The van der Waals surface area contributed by atoms with E-state index in [2.05, 4.69) is 0 Å². The zero-order valence-corrected chi connectivity index (χ0v) is 22.4. The van der Waals surface area contributed by atoms with Crippen LogP contribution in [0.3, 0.4) is 0 Å². The second-order valence-corrected chi connectivity index (χ2v) is 10.3. The number of rotatable bonds is 6. The van der Waals surface area contributed by atoms with Gasteiger partial charge in [-0.05, 0) is 50.2 Å². The Morgan fingerprint density at radius 3 is 1.27 bits per heavy atom. The number of benzene rings is 2. The predicted octanol–water partition coefficient (Wildman–Crippen LogP) is 4.18. The third-order valence-electron chi connectivity index (χ3n) is 7.88. The topological polar surface area (TPSA) is 82.1 Å². The quantitative estimate of drug-likeness (QED) is 0.397. The highest BCUT2D eigenvalue weighted by Crippen LogP contribution is 2.39. The Kier molecular flexibility index (Phi) is 8.46. The minimum atomic E-state index is -4.53. The van der Waals surface area contributed by atoms with Gasteiger partial charge in [0.25, 0.3) is 0 Å². The lowest BCUT2D eigenvalue weighted by molar-refractivity contribution is -0.137. The SMILES string of the molecule is CC(C(=O)C(C)N1CCN(c2ccc(N)cc2C(F)(F)F)CC1)N1CCN(c2ccc(N)cc2C(F)(F)F)CC1. The molecule has 0 aromatic heterocycles. The van der Waals surface area contributed by atoms with E-state index in [1.807, 2.05) is 9.80 Å². The van der Waals surface area contributed by atoms with E-state index in [-0.39, 0.29) is 28.5 Å². The van der Waals surface area contributed by atoms with Crippen LogP contribution in [-0.4, -0.2) is 80.0 Å². The maximum atomic E-state index is 13.6. The number of halogens is 6. The van der Waals surface area contributed by atoms with Crippen LogP contribution in [0, 0.1) is 0 Å². The van der Waals surface area contributed by atoms with Crippen molar-refractivity contribution in [3.8, 4) is 0 Å². The van der Waals surface area contributed by atoms with Gasteiger partial charge in [0.2, 0.25) is 0 Å². The van der Waals surface area contributed by atoms with Crippen molar-refractivity contribution < 1.29 is 31.1 Å². The zero-order valence-electron chi connectivity index (χ0n) is 22.4. The van der Waals surface area contributed by atoms with Crippen LogP contribution in [0.5, 0.6) is 0 Å². The van der Waals surface area contributed by atoms with Crippen molar-refractivity contribution >= 4 is 28.5 Å². The molecule has 0 radical (unpaired) electrons. The molecular formula is C27H34F6N6O. The number of piperazine rings is 2. The fourth-order valence-electron chi connectivity index (χ4n) is 5.52. The fraction of sp³-hybridized carbons (Fsp3) is 0.519. The van der Waals surface area contributed by atoms with Crippen LogP contribution in [0.25, 0.3) is 0 Å². The third kappa shape index (κ3) is 6.41. The molecule has 2 aromatic rings. The average molecular weight is 573 g/mol. The molecule has 2 fully saturated rings. The Hall–Kier alpha value is -3.19. The van der Waals surface area contributed by atoms with E-state index in [1.165, 1.54) is 24.3 Å². The maximum absolute atomic E-state index is 13.6. The van der Waals surface area contributed by atoms with E-state index in [0.29, 0.717) is 52.4 Å². The van der Waals surface area contributed by atoms with Crippen LogP contribution < -0.4 is 21.3 Å². The van der Waals surface area contributed by atoms with Gasteiger partial charge in [-0.3, -0.25) is 14.6 Å². The fourth-order valence-corrected chi connectivity index (χ4v) is 5.52. The summed E-state index contributed by atoms with van der Waals surface area (Å²) in [4.78, 5) is 20.6. The molecule has 0 spiro atoms. The molecule has 2 heterocycles. The van der Waals surface area contributed by atoms with Gasteiger partial charge in [0.1, 0.15) is 0 Å². The number of ketones is 1. The minimum Gasteiger partial charge on any atom is -0.399 e. The first-order valence-corrected chi connectivity index (χ1v) is 13.1. The first kappa shape index (κ1) is 29.8. The summed E-state index contributed by atoms with van der Waals surface area (Å²) in [7, 11) is 0. The summed E-state index contributed by atoms with van der Waals surface area (Å²) >= 11 is 0. The number of nitrogens with two attached hydrogens (primary N) is 2. The van der Waals surface area contributed by atoms with E-state index >= 15 is 0 Å². The van der Waals surface area contributed by atoms with Crippen LogP contribution >= 0.6 is 0 Å². The summed E-state index contributed by atoms with van der Waals surface area (Å²) in [6.45, 7) is 6.50. The zero-order chi connectivity index (χ0) is 29.4. The summed E-state index contributed by atoms with van der Waals surface area (Å²) in [5, 5.41) is 0. The molecule has 2 aliphatic rings. The highest BCUT2D eigenvalue weighted by atomic mass is 19.4. The molecule has 0 amide bonds. The molecule has 7 nitrogen and oxygen atoms in total. The third-order valence-corrected chi connectivity index (χ3v) is 7.88. The standard InChI is InChI=1S/C27H34F6N6O/c1-17(36-7-11-38(12-8-36)23-5-3-19(34)15-21(23)26(28,29)30)25(40)18(2)37-9-13-39(14-10-37)24-6-4-20(35)16-22(24)27(31,32)33/h3-6,15-18H,7-14,34-35H2,1-2H3. The molecule has 40 heavy (non-hydrogen) atoms. The van der Waals surface area contributed by atoms with E-state index in [1.54, 1.807) is 23.6 Å². The molecule has 13 heteroatoms. The number of nitrogen functional groups attached to an aromatic ring is 2. The predicted molar refractivity (Wildman–Crippen MR) is 143 cm³/mol. The van der Waals surface area contributed by atoms with Crippen molar-refractivity contribution in [3.05, 3.63) is 47.5 Å². The molecule has 2 unspecified atom stereocenters. The summed E-state index contributed by atoms with van der Waals surface area (Å²) in [6, 6.07) is 6.61. The molecule has 220 valence electrons. The first-order valence-electron chi connectivity index (χ1n) is 13.1. The summed E-state index contributed by atoms with van der Waals surface area (Å²) in [6.07, 6.45) is -9.07. The second kappa shape index (κ2) is 11.4. The molecule has 4 N–H and O–H groups in total. The molecule has 2 aromatic carbocycles. The van der Waals surface area contributed by atoms with Crippen molar-refractivity contribution in [2.75, 3.05) is 73.6 Å². The monoisotopic (exact) mass is 572 g/mol. The maximum Gasteiger partial charge on any atom is 0.418 e. The molecule has 2 saturated heterocycles. The molecular weight excluding hydrogens is 538 g/mol. The van der Waals surface area contributed by atoms with Crippen LogP contribution in [0.15, 0.2) is 36.4 Å². The van der Waals surface area contributed by atoms with Crippen LogP contribution in [-0.2, 0) is 17.1 Å². The first-order chi connectivity index (χ1) is 18.7. The van der Waals surface area contributed by atoms with Crippen LogP contribution in [0.1, 0.15) is 25.0 Å². The van der Waals surface area contributed by atoms with Gasteiger partial charge < -0.3 is 21.3 Å². The van der Waals surface area contributed by atoms with Gasteiger partial charge in [-0.1, -0.05) is 0 Å². The summed E-state index contributed by atoms with van der Waals surface area (Å²) < 4.78 is 81.4. The Morgan fingerprint density at radius 2 is 0.975 bits per heavy atom. The number of hydrogen-bond acceptors (Lipinski definition) is 7. The second-order valence-electron chi connectivity index (χ2n) is 10.3. The van der Waals surface area contributed by atoms with Crippen molar-refractivity contribution in [1.29, 1.82) is 0 Å². The Balaban J connectivity index is 1.34. The number of Topliss-reactive ketones (excluding diaryl/α,β-unsaturated/α-hetero) is 1. The molecule has 2 atom stereocenters. The van der Waals surface area contributed by atoms with Crippen molar-refractivity contribution in [2.24, 2.45) is 0 Å². The Bertz CT molecular complexity index is 1110. The normalized spacial score (nSPS) is 19.5. The van der Waals surface area contributed by atoms with E-state index in [9.17, 15) is 31.1 Å². The van der Waals surface area contributed by atoms with E-state index < -0.39 is 35.6 Å². The van der Waals surface area contributed by atoms with Gasteiger partial charge in [0.15, 0.2) is 5.78 Å². The summed E-state index contributed by atoms with van der Waals surface area (Å²) in [5.41, 5.74) is 9.83. The number of carbonyl (C=O) groups excluding carboxylic acids is 1. The number of nitrogens with zero attached hydrogens (tertiary/aromatic N) is 4. The lowest BCUT2D eigenvalue weighted by atomic mass is 10.0. The van der Waals surface area contributed by atoms with Crippen LogP contribution in [0.2, 0.25) is 0 Å². The van der Waals surface area contributed by atoms with E-state index in [0.717, 1.165) is 12.1 Å². The van der Waals surface area contributed by atoms with Gasteiger partial charge >= 0.3 is 12.4 Å². The number of anilines is 4. The molecule has 4 rings (SSSR count). The Morgan fingerprint density at radius 1 is 0.650 bits per heavy atom. The van der Waals surface area contributed by atoms with Crippen LogP contribution in [0.4, 0.5) is 49.1 Å². The van der Waals surface area contributed by atoms with Crippen molar-refractivity contribution in [3.63, 3.8) is 0 Å². The van der Waals surface area contributed by atoms with Gasteiger partial charge in [0.05, 0.1) is 23.2 Å². The molecule has 0 aliphatic carbocycles. The van der Waals surface area contributed by atoms with Gasteiger partial charge in [-0.2, -0.15) is 26.3 Å². The van der Waals surface area contributed by atoms with E-state index in [4.69, 9.17) is 11.5 Å². The number of carbonyl (C=O) groups is 1. The Labute approximate surface area is 229 Å². The lowest BCUT2D eigenvalue weighted by Crippen LogP contribution is -2.57. The largest absolute Gasteiger partial charge is 0.418 e. The lowest BCUT2D eigenvalue weighted by Gasteiger charge is -2.42. The molecule has 0 bridgehead atoms. The molecule has 0 saturated carbocycles. The molecule has 2 aliphatic heterocycles. The van der Waals surface area contributed by atoms with Gasteiger partial charge in [-0.25, -0.2) is 0 Å².